The summed E-state index contributed by atoms with van der Waals surface area (Å²) in [6.45, 7) is 14.4. The van der Waals surface area contributed by atoms with Crippen LogP contribution in [-0.2, 0) is 9.53 Å². The van der Waals surface area contributed by atoms with Crippen LogP contribution in [0.15, 0.2) is 30.7 Å². The molecule has 3 aromatic rings. The Bertz CT molecular complexity index is 1330. The number of anilines is 3. The number of likely N-dealkylation sites (tertiary alicyclic amines) is 1. The maximum Gasteiger partial charge on any atom is 0.227 e. The number of methoxy groups -OCH3 is 1. The zero-order chi connectivity index (χ0) is 29.7. The highest BCUT2D eigenvalue weighted by atomic mass is 16.5. The fourth-order valence-corrected chi connectivity index (χ4v) is 5.16. The highest BCUT2D eigenvalue weighted by Gasteiger charge is 2.34. The summed E-state index contributed by atoms with van der Waals surface area (Å²) in [6.07, 6.45) is 5.22. The molecule has 41 heavy (non-hydrogen) atoms. The number of hydrogen-bond acceptors (Lipinski definition) is 10. The first-order valence-corrected chi connectivity index (χ1v) is 14.5. The lowest BCUT2D eigenvalue weighted by Gasteiger charge is -2.41. The molecule has 2 aliphatic rings. The number of amides is 1. The highest BCUT2D eigenvalue weighted by Crippen LogP contribution is 2.34. The number of nitrogens with one attached hydrogen (secondary N) is 1. The van der Waals surface area contributed by atoms with Gasteiger partial charge in [0.2, 0.25) is 17.7 Å². The monoisotopic (exact) mass is 565 g/mol. The largest absolute Gasteiger partial charge is 0.474 e. The van der Waals surface area contributed by atoms with E-state index < -0.39 is 6.10 Å². The van der Waals surface area contributed by atoms with Crippen molar-refractivity contribution < 1.29 is 19.4 Å². The van der Waals surface area contributed by atoms with Gasteiger partial charge in [-0.2, -0.15) is 4.98 Å². The van der Waals surface area contributed by atoms with Gasteiger partial charge in [0.05, 0.1) is 17.6 Å². The van der Waals surface area contributed by atoms with E-state index >= 15 is 0 Å². The molecule has 0 bridgehead atoms. The standard InChI is InChI=1S/C28H37N7O4.C2H6/c1-16(2)21-11-31-27(39-17(3)19-13-35(14-19)18(4)36)22-12-30-26(10-20(21)22)32-25-6-8-29-28(33-25)34-9-7-24(38-5)23(37)15-34;1-2/h6,8,10-12,16-17,19,23-24,37H,7,9,13-15H2,1-5H3,(H,29,30,32,33);1-2H3/t17-,23-,24-;/m1./s1. The molecule has 11 heteroatoms. The third-order valence-electron chi connectivity index (χ3n) is 7.71. The number of rotatable bonds is 8. The normalized spacial score (nSPS) is 19.8. The van der Waals surface area contributed by atoms with Crippen molar-refractivity contribution in [3.8, 4) is 5.88 Å². The van der Waals surface area contributed by atoms with Gasteiger partial charge in [-0.1, -0.05) is 27.7 Å². The van der Waals surface area contributed by atoms with Crippen molar-refractivity contribution in [2.75, 3.05) is 43.5 Å². The Morgan fingerprint density at radius 2 is 1.83 bits per heavy atom. The van der Waals surface area contributed by atoms with Crippen LogP contribution < -0.4 is 15.0 Å². The van der Waals surface area contributed by atoms with E-state index in [9.17, 15) is 9.90 Å². The minimum absolute atomic E-state index is 0.0779. The summed E-state index contributed by atoms with van der Waals surface area (Å²) in [5.41, 5.74) is 1.10. The summed E-state index contributed by atoms with van der Waals surface area (Å²) in [6, 6.07) is 3.79. The van der Waals surface area contributed by atoms with E-state index in [-0.39, 0.29) is 30.0 Å². The number of aromatic nitrogens is 4. The van der Waals surface area contributed by atoms with Gasteiger partial charge < -0.3 is 29.7 Å². The Labute approximate surface area is 242 Å². The molecule has 0 radical (unpaired) electrons. The summed E-state index contributed by atoms with van der Waals surface area (Å²) < 4.78 is 11.6. The number of β-amino-alcohol motifs (C(OH)–C–C–N with tert-alkyl or cyclic N) is 1. The molecule has 0 aliphatic carbocycles. The van der Waals surface area contributed by atoms with Gasteiger partial charge >= 0.3 is 0 Å². The van der Waals surface area contributed by atoms with Crippen LogP contribution in [0.3, 0.4) is 0 Å². The van der Waals surface area contributed by atoms with Crippen LogP contribution in [0.25, 0.3) is 10.8 Å². The molecule has 2 aliphatic heterocycles. The number of hydrogen-bond donors (Lipinski definition) is 2. The van der Waals surface area contributed by atoms with E-state index in [0.717, 1.165) is 16.3 Å². The third kappa shape index (κ3) is 6.84. The highest BCUT2D eigenvalue weighted by molar-refractivity contribution is 5.91. The first kappa shape index (κ1) is 30.4. The average molecular weight is 566 g/mol. The summed E-state index contributed by atoms with van der Waals surface area (Å²) in [5.74, 6) is 2.97. The van der Waals surface area contributed by atoms with Crippen LogP contribution in [0, 0.1) is 5.92 Å². The van der Waals surface area contributed by atoms with E-state index in [2.05, 4.69) is 39.1 Å². The number of fused-ring (bicyclic) bond motifs is 1. The molecule has 3 aromatic heterocycles. The molecule has 5 rings (SSSR count). The number of nitrogens with zero attached hydrogens (tertiary/aromatic N) is 6. The smallest absolute Gasteiger partial charge is 0.227 e. The molecule has 2 N–H and O–H groups in total. The number of pyridine rings is 2. The van der Waals surface area contributed by atoms with E-state index in [1.54, 1.807) is 32.5 Å². The molecule has 0 saturated carbocycles. The molecule has 2 saturated heterocycles. The van der Waals surface area contributed by atoms with E-state index in [1.807, 2.05) is 42.8 Å². The number of carbonyl (C=O) groups excluding carboxylic acids is 1. The molecule has 0 unspecified atom stereocenters. The van der Waals surface area contributed by atoms with Crippen molar-refractivity contribution in [3.05, 3.63) is 36.3 Å². The van der Waals surface area contributed by atoms with Gasteiger partial charge in [0.15, 0.2) is 0 Å². The Kier molecular flexibility index (Phi) is 9.93. The summed E-state index contributed by atoms with van der Waals surface area (Å²) >= 11 is 0. The lowest BCUT2D eigenvalue weighted by molar-refractivity contribution is -0.137. The van der Waals surface area contributed by atoms with Crippen molar-refractivity contribution in [3.63, 3.8) is 0 Å². The van der Waals surface area contributed by atoms with E-state index in [1.165, 1.54) is 0 Å². The van der Waals surface area contributed by atoms with Crippen molar-refractivity contribution >= 4 is 34.3 Å². The maximum atomic E-state index is 11.6. The quantitative estimate of drug-likeness (QED) is 0.411. The fraction of sp³-hybridized carbons (Fsp3) is 0.567. The zero-order valence-corrected chi connectivity index (χ0v) is 25.2. The molecule has 3 atom stereocenters. The Balaban J connectivity index is 0.00000189. The number of ether oxygens (including phenoxy) is 2. The number of carbonyl (C=O) groups is 1. The Hall–Kier alpha value is -3.57. The van der Waals surface area contributed by atoms with Crippen LogP contribution in [0.5, 0.6) is 5.88 Å². The zero-order valence-electron chi connectivity index (χ0n) is 25.2. The van der Waals surface area contributed by atoms with Gasteiger partial charge in [-0.15, -0.1) is 0 Å². The predicted octanol–water partition coefficient (Wildman–Crippen LogP) is 4.14. The molecule has 11 nitrogen and oxygen atoms in total. The molecule has 1 amide bonds. The molecule has 0 aromatic carbocycles. The van der Waals surface area contributed by atoms with Gasteiger partial charge in [-0.3, -0.25) is 4.79 Å². The molecule has 222 valence electrons. The third-order valence-corrected chi connectivity index (χ3v) is 7.71. The van der Waals surface area contributed by atoms with Crippen molar-refractivity contribution in [1.29, 1.82) is 0 Å². The van der Waals surface area contributed by atoms with E-state index in [4.69, 9.17) is 9.47 Å². The minimum atomic E-state index is -0.592. The summed E-state index contributed by atoms with van der Waals surface area (Å²) in [5, 5.41) is 15.5. The van der Waals surface area contributed by atoms with Crippen molar-refractivity contribution in [2.24, 2.45) is 5.92 Å². The second-order valence-electron chi connectivity index (χ2n) is 10.7. The molecular formula is C30H43N7O4. The van der Waals surface area contributed by atoms with Gasteiger partial charge in [0.1, 0.15) is 17.7 Å². The number of aliphatic hydroxyl groups is 1. The van der Waals surface area contributed by atoms with Crippen LogP contribution in [0.4, 0.5) is 17.6 Å². The van der Waals surface area contributed by atoms with Crippen LogP contribution >= 0.6 is 0 Å². The van der Waals surface area contributed by atoms with E-state index in [0.29, 0.717) is 56.1 Å². The molecular weight excluding hydrogens is 522 g/mol. The van der Waals surface area contributed by atoms with Gasteiger partial charge in [-0.25, -0.2) is 15.0 Å². The van der Waals surface area contributed by atoms with Gasteiger partial charge in [0.25, 0.3) is 0 Å². The van der Waals surface area contributed by atoms with Gasteiger partial charge in [0, 0.05) is 64.7 Å². The maximum absolute atomic E-state index is 11.6. The topological polar surface area (TPSA) is 126 Å². The van der Waals surface area contributed by atoms with Gasteiger partial charge in [-0.05, 0) is 42.3 Å². The SMILES string of the molecule is CC.CO[C@@H]1CCN(c2nccc(Nc3cc4c(C(C)C)cnc(O[C@H](C)C5CN(C(C)=O)C5)c4cn3)n2)C[C@H]1O. The molecule has 0 spiro atoms. The van der Waals surface area contributed by atoms with Crippen LogP contribution in [0.1, 0.15) is 59.4 Å². The Morgan fingerprint density at radius 1 is 1.07 bits per heavy atom. The second kappa shape index (κ2) is 13.4. The van der Waals surface area contributed by atoms with Crippen LogP contribution in [-0.4, -0.2) is 87.5 Å². The number of piperidine rings is 1. The summed E-state index contributed by atoms with van der Waals surface area (Å²) in [7, 11) is 1.62. The van der Waals surface area contributed by atoms with Crippen molar-refractivity contribution in [2.45, 2.75) is 72.2 Å². The minimum Gasteiger partial charge on any atom is -0.474 e. The van der Waals surface area contributed by atoms with Crippen molar-refractivity contribution in [1.82, 2.24) is 24.8 Å². The first-order valence-electron chi connectivity index (χ1n) is 14.5. The predicted molar refractivity (Wildman–Crippen MR) is 160 cm³/mol. The second-order valence-corrected chi connectivity index (χ2v) is 10.7. The summed E-state index contributed by atoms with van der Waals surface area (Å²) in [4.78, 5) is 33.7. The first-order chi connectivity index (χ1) is 19.7. The lowest BCUT2D eigenvalue weighted by Crippen LogP contribution is -2.54. The molecule has 2 fully saturated rings. The molecule has 5 heterocycles. The Morgan fingerprint density at radius 3 is 2.49 bits per heavy atom. The fourth-order valence-electron chi connectivity index (χ4n) is 5.16. The number of aliphatic hydroxyl groups excluding tert-OH is 1. The average Bonchev–Trinajstić information content (AvgIpc) is 2.93. The lowest BCUT2D eigenvalue weighted by atomic mass is 9.94. The van der Waals surface area contributed by atoms with Crippen LogP contribution in [0.2, 0.25) is 0 Å².